The number of rotatable bonds is 6. The zero-order valence-corrected chi connectivity index (χ0v) is 11.3. The maximum Gasteiger partial charge on any atom is 0.0641 e. The maximum absolute atomic E-state index is 4.60. The number of aryl methyl sites for hydroxylation is 2. The minimum atomic E-state index is 0.786. The van der Waals surface area contributed by atoms with Gasteiger partial charge >= 0.3 is 0 Å². The molecular weight excluding hydrogens is 198 g/mol. The van der Waals surface area contributed by atoms with Crippen LogP contribution in [0.25, 0.3) is 0 Å². The van der Waals surface area contributed by atoms with E-state index in [4.69, 9.17) is 0 Å². The first-order chi connectivity index (χ1) is 7.56. The second-order valence-corrected chi connectivity index (χ2v) is 4.94. The third kappa shape index (κ3) is 3.34. The van der Waals surface area contributed by atoms with Gasteiger partial charge in [0.05, 0.1) is 5.69 Å². The van der Waals surface area contributed by atoms with E-state index < -0.39 is 0 Å². The molecule has 0 radical (unpaired) electrons. The summed E-state index contributed by atoms with van der Waals surface area (Å²) < 4.78 is 2.16. The van der Waals surface area contributed by atoms with Crippen LogP contribution in [0.2, 0.25) is 0 Å². The normalized spacial score (nSPS) is 11.4. The third-order valence-corrected chi connectivity index (χ3v) is 3.04. The molecule has 1 aromatic rings. The quantitative estimate of drug-likeness (QED) is 0.803. The van der Waals surface area contributed by atoms with Crippen molar-refractivity contribution >= 4 is 0 Å². The van der Waals surface area contributed by atoms with E-state index in [9.17, 15) is 0 Å². The molecule has 1 aromatic heterocycles. The Balaban J connectivity index is 2.63. The van der Waals surface area contributed by atoms with E-state index in [0.29, 0.717) is 0 Å². The standard InChI is InChI=1S/C13H25N3/c1-10(2)7-6-8-16-12(4)13(9-14-5)11(3)15-16/h10,14H,6-9H2,1-5H3. The Hall–Kier alpha value is -0.830. The molecule has 0 atom stereocenters. The van der Waals surface area contributed by atoms with Crippen LogP contribution in [0.5, 0.6) is 0 Å². The van der Waals surface area contributed by atoms with E-state index in [0.717, 1.165) is 24.7 Å². The van der Waals surface area contributed by atoms with Crippen molar-refractivity contribution in [3.05, 3.63) is 17.0 Å². The van der Waals surface area contributed by atoms with Crippen molar-refractivity contribution in [1.82, 2.24) is 15.1 Å². The van der Waals surface area contributed by atoms with Gasteiger partial charge in [-0.25, -0.2) is 0 Å². The van der Waals surface area contributed by atoms with Crippen molar-refractivity contribution in [2.75, 3.05) is 7.05 Å². The molecule has 0 aliphatic carbocycles. The number of hydrogen-bond acceptors (Lipinski definition) is 2. The van der Waals surface area contributed by atoms with Crippen LogP contribution in [0.4, 0.5) is 0 Å². The zero-order chi connectivity index (χ0) is 12.1. The van der Waals surface area contributed by atoms with Crippen molar-refractivity contribution in [2.24, 2.45) is 5.92 Å². The molecule has 0 saturated carbocycles. The van der Waals surface area contributed by atoms with Gasteiger partial charge in [0.15, 0.2) is 0 Å². The molecule has 0 bridgehead atoms. The van der Waals surface area contributed by atoms with Crippen LogP contribution in [0, 0.1) is 19.8 Å². The fraction of sp³-hybridized carbons (Fsp3) is 0.769. The molecule has 92 valence electrons. The predicted molar refractivity (Wildman–Crippen MR) is 68.5 cm³/mol. The Labute approximate surface area is 99.2 Å². The lowest BCUT2D eigenvalue weighted by atomic mass is 10.1. The second kappa shape index (κ2) is 6.04. The van der Waals surface area contributed by atoms with E-state index >= 15 is 0 Å². The Morgan fingerprint density at radius 3 is 2.56 bits per heavy atom. The van der Waals surface area contributed by atoms with Crippen LogP contribution in [0.3, 0.4) is 0 Å². The summed E-state index contributed by atoms with van der Waals surface area (Å²) in [5.41, 5.74) is 3.83. The highest BCUT2D eigenvalue weighted by molar-refractivity contribution is 5.24. The van der Waals surface area contributed by atoms with Crippen molar-refractivity contribution in [3.8, 4) is 0 Å². The molecule has 0 saturated heterocycles. The van der Waals surface area contributed by atoms with Gasteiger partial charge in [-0.3, -0.25) is 4.68 Å². The number of hydrogen-bond donors (Lipinski definition) is 1. The fourth-order valence-corrected chi connectivity index (χ4v) is 2.03. The topological polar surface area (TPSA) is 29.9 Å². The second-order valence-electron chi connectivity index (χ2n) is 4.94. The molecule has 1 N–H and O–H groups in total. The summed E-state index contributed by atoms with van der Waals surface area (Å²) >= 11 is 0. The van der Waals surface area contributed by atoms with Crippen LogP contribution in [0.15, 0.2) is 0 Å². The Kier molecular flexibility index (Phi) is 5.00. The fourth-order valence-electron chi connectivity index (χ4n) is 2.03. The number of aromatic nitrogens is 2. The molecule has 0 unspecified atom stereocenters. The van der Waals surface area contributed by atoms with Crippen molar-refractivity contribution in [1.29, 1.82) is 0 Å². The monoisotopic (exact) mass is 223 g/mol. The lowest BCUT2D eigenvalue weighted by Crippen LogP contribution is -2.08. The lowest BCUT2D eigenvalue weighted by Gasteiger charge is -2.07. The van der Waals surface area contributed by atoms with Crippen molar-refractivity contribution < 1.29 is 0 Å². The van der Waals surface area contributed by atoms with Gasteiger partial charge in [-0.15, -0.1) is 0 Å². The molecular formula is C13H25N3. The van der Waals surface area contributed by atoms with Crippen molar-refractivity contribution in [3.63, 3.8) is 0 Å². The van der Waals surface area contributed by atoms with Gasteiger partial charge < -0.3 is 5.32 Å². The van der Waals surface area contributed by atoms with Gasteiger partial charge in [0.1, 0.15) is 0 Å². The van der Waals surface area contributed by atoms with E-state index in [2.05, 4.69) is 42.8 Å². The minimum absolute atomic E-state index is 0.786. The average molecular weight is 223 g/mol. The van der Waals surface area contributed by atoms with Gasteiger partial charge in [-0.1, -0.05) is 13.8 Å². The van der Waals surface area contributed by atoms with Gasteiger partial charge in [-0.2, -0.15) is 5.10 Å². The van der Waals surface area contributed by atoms with E-state index in [1.807, 2.05) is 7.05 Å². The van der Waals surface area contributed by atoms with Crippen LogP contribution in [-0.4, -0.2) is 16.8 Å². The van der Waals surface area contributed by atoms with Gasteiger partial charge in [0.2, 0.25) is 0 Å². The Morgan fingerprint density at radius 1 is 1.31 bits per heavy atom. The molecule has 0 spiro atoms. The van der Waals surface area contributed by atoms with Crippen LogP contribution in [0.1, 0.15) is 43.6 Å². The molecule has 0 aromatic carbocycles. The molecule has 0 fully saturated rings. The van der Waals surface area contributed by atoms with Crippen LogP contribution in [-0.2, 0) is 13.1 Å². The molecule has 3 heteroatoms. The highest BCUT2D eigenvalue weighted by atomic mass is 15.3. The molecule has 1 rings (SSSR count). The maximum atomic E-state index is 4.60. The van der Waals surface area contributed by atoms with E-state index in [1.165, 1.54) is 24.1 Å². The summed E-state index contributed by atoms with van der Waals surface area (Å²) in [6.07, 6.45) is 2.50. The molecule has 0 aliphatic rings. The first-order valence-corrected chi connectivity index (χ1v) is 6.23. The first kappa shape index (κ1) is 13.2. The highest BCUT2D eigenvalue weighted by Gasteiger charge is 2.10. The SMILES string of the molecule is CNCc1c(C)nn(CCCC(C)C)c1C. The van der Waals surface area contributed by atoms with Crippen molar-refractivity contribution in [2.45, 2.75) is 53.6 Å². The zero-order valence-electron chi connectivity index (χ0n) is 11.3. The lowest BCUT2D eigenvalue weighted by molar-refractivity contribution is 0.483. The largest absolute Gasteiger partial charge is 0.316 e. The molecule has 3 nitrogen and oxygen atoms in total. The summed E-state index contributed by atoms with van der Waals surface area (Å²) in [6, 6.07) is 0. The summed E-state index contributed by atoms with van der Waals surface area (Å²) in [5.74, 6) is 0.786. The van der Waals surface area contributed by atoms with Crippen LogP contribution < -0.4 is 5.32 Å². The molecule has 0 aliphatic heterocycles. The van der Waals surface area contributed by atoms with Gasteiger partial charge in [0, 0.05) is 24.3 Å². The highest BCUT2D eigenvalue weighted by Crippen LogP contribution is 2.14. The molecule has 0 amide bonds. The number of nitrogens with zero attached hydrogens (tertiary/aromatic N) is 2. The molecule has 1 heterocycles. The predicted octanol–water partition coefficient (Wildman–Crippen LogP) is 2.66. The number of nitrogens with one attached hydrogen (secondary N) is 1. The van der Waals surface area contributed by atoms with Crippen LogP contribution >= 0.6 is 0 Å². The average Bonchev–Trinajstić information content (AvgIpc) is 2.46. The summed E-state index contributed by atoms with van der Waals surface area (Å²) in [7, 11) is 1.98. The Bertz CT molecular complexity index is 326. The third-order valence-electron chi connectivity index (χ3n) is 3.04. The smallest absolute Gasteiger partial charge is 0.0641 e. The summed E-state index contributed by atoms with van der Waals surface area (Å²) in [6.45, 7) is 10.8. The first-order valence-electron chi connectivity index (χ1n) is 6.23. The van der Waals surface area contributed by atoms with Gasteiger partial charge in [0.25, 0.3) is 0 Å². The summed E-state index contributed by atoms with van der Waals surface area (Å²) in [5, 5.41) is 7.80. The van der Waals surface area contributed by atoms with E-state index in [1.54, 1.807) is 0 Å². The van der Waals surface area contributed by atoms with Gasteiger partial charge in [-0.05, 0) is 39.7 Å². The van der Waals surface area contributed by atoms with E-state index in [-0.39, 0.29) is 0 Å². The molecule has 16 heavy (non-hydrogen) atoms. The summed E-state index contributed by atoms with van der Waals surface area (Å²) in [4.78, 5) is 0. The minimum Gasteiger partial charge on any atom is -0.316 e. The Morgan fingerprint density at radius 2 is 2.00 bits per heavy atom.